The molecule has 0 aromatic rings. The van der Waals surface area contributed by atoms with E-state index in [0.29, 0.717) is 19.4 Å². The van der Waals surface area contributed by atoms with Crippen molar-refractivity contribution in [3.05, 3.63) is 0 Å². The van der Waals surface area contributed by atoms with Crippen molar-refractivity contribution in [3.8, 4) is 0 Å². The molecule has 0 spiro atoms. The van der Waals surface area contributed by atoms with E-state index in [9.17, 15) is 14.7 Å². The largest absolute Gasteiger partial charge is 0.481 e. The minimum absolute atomic E-state index is 0.0239. The van der Waals surface area contributed by atoms with Crippen LogP contribution < -0.4 is 0 Å². The van der Waals surface area contributed by atoms with E-state index in [4.69, 9.17) is 15.3 Å². The van der Waals surface area contributed by atoms with E-state index in [0.717, 1.165) is 12.8 Å². The molecular weight excluding hydrogens is 338 g/mol. The number of nitrogens with zero attached hydrogens (tertiary/aromatic N) is 1. The summed E-state index contributed by atoms with van der Waals surface area (Å²) < 4.78 is 0. The van der Waals surface area contributed by atoms with E-state index in [1.165, 1.54) is 0 Å². The molecule has 0 bridgehead atoms. The molecule has 1 aliphatic heterocycles. The predicted octanol–water partition coefficient (Wildman–Crippen LogP) is 2.20. The lowest BCUT2D eigenvalue weighted by Crippen LogP contribution is -2.62. The van der Waals surface area contributed by atoms with Crippen LogP contribution in [0.4, 0.5) is 0 Å². The van der Waals surface area contributed by atoms with Gasteiger partial charge in [-0.3, -0.25) is 14.5 Å². The fourth-order valence-corrected chi connectivity index (χ4v) is 4.23. The van der Waals surface area contributed by atoms with E-state index in [2.05, 4.69) is 32.6 Å². The highest BCUT2D eigenvalue weighted by Gasteiger charge is 2.44. The smallest absolute Gasteiger partial charge is 0.307 e. The molecule has 1 rings (SSSR count). The van der Waals surface area contributed by atoms with Crippen LogP contribution in [0.5, 0.6) is 0 Å². The summed E-state index contributed by atoms with van der Waals surface area (Å²) in [5.41, 5.74) is -0.0478. The Hall–Kier alpha value is -1.18. The molecule has 0 aromatic heterocycles. The number of aliphatic hydroxyl groups is 2. The number of β-amino-alcohol motifs (C(OH)–C–C–N with tert-alkyl or cyclic N) is 1. The van der Waals surface area contributed by atoms with Gasteiger partial charge in [0.2, 0.25) is 0 Å². The Morgan fingerprint density at radius 2 is 1.31 bits per heavy atom. The number of hydrogen-bond donors (Lipinski definition) is 4. The Labute approximate surface area is 157 Å². The van der Waals surface area contributed by atoms with E-state index in [1.807, 2.05) is 0 Å². The van der Waals surface area contributed by atoms with Crippen LogP contribution >= 0.6 is 0 Å². The van der Waals surface area contributed by atoms with Crippen LogP contribution in [0.3, 0.4) is 0 Å². The Kier molecular flexibility index (Phi) is 9.77. The normalized spacial score (nSPS) is 22.0. The quantitative estimate of drug-likeness (QED) is 0.539. The molecule has 7 nitrogen and oxygen atoms in total. The SMILES string of the molecule is CC1(C)CC(O)CC(C)(C)N1CCO.CCC(C(=O)O)C(CC)C(=O)O. The summed E-state index contributed by atoms with van der Waals surface area (Å²) in [6, 6.07) is 0. The molecule has 7 heteroatoms. The van der Waals surface area contributed by atoms with Gasteiger partial charge < -0.3 is 20.4 Å². The number of hydrogen-bond acceptors (Lipinski definition) is 5. The maximum atomic E-state index is 10.6. The molecule has 1 heterocycles. The minimum atomic E-state index is -1.02. The first-order chi connectivity index (χ1) is 11.8. The summed E-state index contributed by atoms with van der Waals surface area (Å²) in [6.45, 7) is 12.8. The first-order valence-electron chi connectivity index (χ1n) is 9.36. The van der Waals surface area contributed by atoms with Crippen molar-refractivity contribution in [2.75, 3.05) is 13.2 Å². The zero-order chi connectivity index (χ0) is 20.7. The van der Waals surface area contributed by atoms with Gasteiger partial charge in [0.05, 0.1) is 24.5 Å². The second kappa shape index (κ2) is 10.2. The van der Waals surface area contributed by atoms with Crippen molar-refractivity contribution in [1.29, 1.82) is 0 Å². The number of piperidine rings is 1. The summed E-state index contributed by atoms with van der Waals surface area (Å²) in [5.74, 6) is -3.56. The van der Waals surface area contributed by atoms with Crippen LogP contribution in [0.15, 0.2) is 0 Å². The molecule has 26 heavy (non-hydrogen) atoms. The Bertz CT molecular complexity index is 425. The summed E-state index contributed by atoms with van der Waals surface area (Å²) in [6.07, 6.45) is 2.09. The van der Waals surface area contributed by atoms with Gasteiger partial charge >= 0.3 is 11.9 Å². The Balaban J connectivity index is 0.000000488. The molecule has 0 radical (unpaired) electrons. The lowest BCUT2D eigenvalue weighted by Gasteiger charge is -2.54. The zero-order valence-electron chi connectivity index (χ0n) is 17.0. The number of rotatable bonds is 7. The van der Waals surface area contributed by atoms with Crippen LogP contribution in [0.2, 0.25) is 0 Å². The molecule has 1 fully saturated rings. The fourth-order valence-electron chi connectivity index (χ4n) is 4.23. The van der Waals surface area contributed by atoms with Crippen molar-refractivity contribution in [3.63, 3.8) is 0 Å². The number of aliphatic hydroxyl groups excluding tert-OH is 2. The highest BCUT2D eigenvalue weighted by atomic mass is 16.4. The molecule has 0 amide bonds. The molecule has 154 valence electrons. The van der Waals surface area contributed by atoms with Crippen LogP contribution in [0, 0.1) is 11.8 Å². The summed E-state index contributed by atoms with van der Waals surface area (Å²) in [7, 11) is 0. The highest BCUT2D eigenvalue weighted by molar-refractivity contribution is 5.79. The summed E-state index contributed by atoms with van der Waals surface area (Å²) in [5, 5.41) is 36.1. The minimum Gasteiger partial charge on any atom is -0.481 e. The van der Waals surface area contributed by atoms with E-state index < -0.39 is 23.8 Å². The highest BCUT2D eigenvalue weighted by Crippen LogP contribution is 2.37. The monoisotopic (exact) mass is 375 g/mol. The van der Waals surface area contributed by atoms with Crippen LogP contribution in [-0.4, -0.2) is 67.6 Å². The molecule has 4 N–H and O–H groups in total. The standard InChI is InChI=1S/C11H23NO2.C8H14O4/c1-10(2)7-9(14)8-11(3,4)12(10)5-6-13;1-3-5(7(9)10)6(4-2)8(11)12/h9,13-14H,5-8H2,1-4H3;5-6H,3-4H2,1-2H3,(H,9,10)(H,11,12). The van der Waals surface area contributed by atoms with Crippen molar-refractivity contribution >= 4 is 11.9 Å². The van der Waals surface area contributed by atoms with Crippen LogP contribution in [-0.2, 0) is 9.59 Å². The van der Waals surface area contributed by atoms with Crippen molar-refractivity contribution in [2.24, 2.45) is 11.8 Å². The molecule has 2 unspecified atom stereocenters. The van der Waals surface area contributed by atoms with Crippen molar-refractivity contribution in [1.82, 2.24) is 4.90 Å². The third-order valence-electron chi connectivity index (χ3n) is 5.26. The molecule has 2 atom stereocenters. The van der Waals surface area contributed by atoms with Gasteiger partial charge in [-0.25, -0.2) is 0 Å². The first-order valence-corrected chi connectivity index (χ1v) is 9.36. The fraction of sp³-hybridized carbons (Fsp3) is 0.895. The lowest BCUT2D eigenvalue weighted by atomic mass is 9.78. The van der Waals surface area contributed by atoms with Crippen LogP contribution in [0.25, 0.3) is 0 Å². The van der Waals surface area contributed by atoms with Gasteiger partial charge in [0.15, 0.2) is 0 Å². The number of carbonyl (C=O) groups is 2. The summed E-state index contributed by atoms with van der Waals surface area (Å²) >= 11 is 0. The number of likely N-dealkylation sites (tertiary alicyclic amines) is 1. The van der Waals surface area contributed by atoms with Gasteiger partial charge in [-0.15, -0.1) is 0 Å². The van der Waals surface area contributed by atoms with E-state index in [-0.39, 0.29) is 23.8 Å². The average molecular weight is 376 g/mol. The van der Waals surface area contributed by atoms with Gasteiger partial charge in [-0.05, 0) is 53.4 Å². The maximum absolute atomic E-state index is 10.6. The molecule has 0 aliphatic carbocycles. The number of carboxylic acids is 2. The third kappa shape index (κ3) is 6.85. The molecular formula is C19H37NO6. The Morgan fingerprint density at radius 3 is 1.54 bits per heavy atom. The summed E-state index contributed by atoms with van der Waals surface area (Å²) in [4.78, 5) is 23.4. The third-order valence-corrected chi connectivity index (χ3v) is 5.26. The van der Waals surface area contributed by atoms with Crippen molar-refractivity contribution < 1.29 is 30.0 Å². The van der Waals surface area contributed by atoms with E-state index in [1.54, 1.807) is 13.8 Å². The second-order valence-electron chi connectivity index (χ2n) is 8.27. The zero-order valence-corrected chi connectivity index (χ0v) is 17.0. The maximum Gasteiger partial charge on any atom is 0.307 e. The number of aliphatic carboxylic acids is 2. The Morgan fingerprint density at radius 1 is 0.962 bits per heavy atom. The second-order valence-corrected chi connectivity index (χ2v) is 8.27. The van der Waals surface area contributed by atoms with Gasteiger partial charge in [0, 0.05) is 17.6 Å². The average Bonchev–Trinajstić information content (AvgIpc) is 2.47. The molecule has 0 aromatic carbocycles. The topological polar surface area (TPSA) is 118 Å². The van der Waals surface area contributed by atoms with Gasteiger partial charge in [0.1, 0.15) is 0 Å². The van der Waals surface area contributed by atoms with E-state index >= 15 is 0 Å². The molecule has 0 saturated carbocycles. The molecule has 1 aliphatic rings. The first kappa shape index (κ1) is 24.8. The lowest BCUT2D eigenvalue weighted by molar-refractivity contribution is -0.154. The van der Waals surface area contributed by atoms with Gasteiger partial charge in [-0.1, -0.05) is 13.8 Å². The van der Waals surface area contributed by atoms with Crippen molar-refractivity contribution in [2.45, 2.75) is 84.4 Å². The van der Waals surface area contributed by atoms with Crippen LogP contribution in [0.1, 0.15) is 67.2 Å². The predicted molar refractivity (Wildman–Crippen MR) is 100 cm³/mol. The molecule has 1 saturated heterocycles. The number of carboxylic acid groups (broad SMARTS) is 2. The van der Waals surface area contributed by atoms with Gasteiger partial charge in [0.25, 0.3) is 0 Å². The van der Waals surface area contributed by atoms with Gasteiger partial charge in [-0.2, -0.15) is 0 Å².